The van der Waals surface area contributed by atoms with E-state index in [4.69, 9.17) is 9.15 Å². The van der Waals surface area contributed by atoms with Gasteiger partial charge in [-0.25, -0.2) is 0 Å². The molecule has 9 aromatic carbocycles. The standard InChI is InChI=1S/C50H32N2O2/c1-3-15-35(16-4-1)51(37-26-25-33-13-7-8-14-34(33)31-37)44-30-29-41-40-28-27-38(32-48(40)53-47-24-12-21-43(44)49(41)47)52(36-17-5-2-6-18-36)45-22-11-20-42-39-19-9-10-23-46(39)54-50(42)45/h1-32H. The molecule has 0 spiro atoms. The Morgan fingerprint density at radius 2 is 0.981 bits per heavy atom. The number of rotatable bonds is 6. The number of fused-ring (bicyclic) bond motifs is 6. The van der Waals surface area contributed by atoms with Crippen LogP contribution in [0.25, 0.3) is 54.6 Å². The largest absolute Gasteiger partial charge is 0.456 e. The average Bonchev–Trinajstić information content (AvgIpc) is 3.62. The van der Waals surface area contributed by atoms with Crippen LogP contribution in [0, 0.1) is 0 Å². The van der Waals surface area contributed by atoms with Crippen molar-refractivity contribution in [1.29, 1.82) is 0 Å². The number of hydrogen-bond donors (Lipinski definition) is 0. The van der Waals surface area contributed by atoms with E-state index in [1.165, 1.54) is 10.8 Å². The first-order chi connectivity index (χ1) is 26.8. The van der Waals surface area contributed by atoms with Gasteiger partial charge < -0.3 is 19.0 Å². The number of benzene rings is 9. The summed E-state index contributed by atoms with van der Waals surface area (Å²) in [6, 6.07) is 68.3. The predicted octanol–water partition coefficient (Wildman–Crippen LogP) is 14.6. The van der Waals surface area contributed by atoms with Crippen LogP contribution in [0.5, 0.6) is 11.5 Å². The molecule has 10 aromatic rings. The topological polar surface area (TPSA) is 28.9 Å². The third-order valence-corrected chi connectivity index (χ3v) is 10.6. The van der Waals surface area contributed by atoms with Crippen molar-refractivity contribution in [2.75, 3.05) is 9.80 Å². The van der Waals surface area contributed by atoms with Gasteiger partial charge in [0, 0.05) is 50.2 Å². The van der Waals surface area contributed by atoms with Gasteiger partial charge >= 0.3 is 0 Å². The van der Waals surface area contributed by atoms with Gasteiger partial charge in [0.2, 0.25) is 0 Å². The Morgan fingerprint density at radius 1 is 0.352 bits per heavy atom. The van der Waals surface area contributed by atoms with Gasteiger partial charge in [-0.15, -0.1) is 0 Å². The minimum absolute atomic E-state index is 0.812. The van der Waals surface area contributed by atoms with Crippen LogP contribution in [-0.4, -0.2) is 0 Å². The number of furan rings is 1. The first-order valence-electron chi connectivity index (χ1n) is 18.3. The van der Waals surface area contributed by atoms with Crippen molar-refractivity contribution in [1.82, 2.24) is 0 Å². The zero-order valence-electron chi connectivity index (χ0n) is 29.2. The number of para-hydroxylation sites is 4. The Kier molecular flexibility index (Phi) is 6.82. The van der Waals surface area contributed by atoms with Crippen LogP contribution in [0.4, 0.5) is 34.1 Å². The Morgan fingerprint density at radius 3 is 1.81 bits per heavy atom. The molecule has 0 saturated heterocycles. The maximum atomic E-state index is 6.88. The molecule has 0 unspecified atom stereocenters. The molecule has 1 aliphatic rings. The Hall–Kier alpha value is -7.30. The highest BCUT2D eigenvalue weighted by molar-refractivity contribution is 6.12. The maximum Gasteiger partial charge on any atom is 0.159 e. The fraction of sp³-hybridized carbons (Fsp3) is 0. The van der Waals surface area contributed by atoms with Crippen LogP contribution < -0.4 is 14.5 Å². The van der Waals surface area contributed by atoms with Gasteiger partial charge in [-0.3, -0.25) is 0 Å². The summed E-state index contributed by atoms with van der Waals surface area (Å²) in [5, 5.41) is 6.83. The van der Waals surface area contributed by atoms with Gasteiger partial charge in [0.05, 0.1) is 17.1 Å². The molecule has 0 atom stereocenters. The number of hydrogen-bond acceptors (Lipinski definition) is 4. The number of anilines is 6. The van der Waals surface area contributed by atoms with E-state index in [9.17, 15) is 0 Å². The summed E-state index contributed by atoms with van der Waals surface area (Å²) in [6.45, 7) is 0. The van der Waals surface area contributed by atoms with Gasteiger partial charge in [-0.1, -0.05) is 115 Å². The van der Waals surface area contributed by atoms with Crippen molar-refractivity contribution in [3.8, 4) is 22.6 Å². The smallest absolute Gasteiger partial charge is 0.159 e. The minimum atomic E-state index is 0.812. The molecule has 11 rings (SSSR count). The molecule has 1 aromatic heterocycles. The second-order valence-corrected chi connectivity index (χ2v) is 13.7. The lowest BCUT2D eigenvalue weighted by Gasteiger charge is -2.30. The highest BCUT2D eigenvalue weighted by Gasteiger charge is 2.26. The first-order valence-corrected chi connectivity index (χ1v) is 18.3. The molecule has 2 heterocycles. The number of nitrogens with zero attached hydrogens (tertiary/aromatic N) is 2. The fourth-order valence-corrected chi connectivity index (χ4v) is 8.17. The van der Waals surface area contributed by atoms with E-state index >= 15 is 0 Å². The van der Waals surface area contributed by atoms with Crippen LogP contribution in [-0.2, 0) is 0 Å². The predicted molar refractivity (Wildman–Crippen MR) is 224 cm³/mol. The molecule has 0 radical (unpaired) electrons. The molecule has 0 bridgehead atoms. The molecule has 54 heavy (non-hydrogen) atoms. The van der Waals surface area contributed by atoms with E-state index in [2.05, 4.69) is 186 Å². The lowest BCUT2D eigenvalue weighted by molar-refractivity contribution is 0.487. The summed E-state index contributed by atoms with van der Waals surface area (Å²) in [7, 11) is 0. The summed E-state index contributed by atoms with van der Waals surface area (Å²) in [5.41, 5.74) is 10.2. The molecule has 4 heteroatoms. The zero-order valence-corrected chi connectivity index (χ0v) is 29.2. The van der Waals surface area contributed by atoms with E-state index in [0.29, 0.717) is 0 Å². The zero-order chi connectivity index (χ0) is 35.6. The Balaban J connectivity index is 1.07. The molecular weight excluding hydrogens is 661 g/mol. The van der Waals surface area contributed by atoms with E-state index in [-0.39, 0.29) is 0 Å². The second kappa shape index (κ2) is 12.1. The fourth-order valence-electron chi connectivity index (χ4n) is 8.17. The molecule has 4 nitrogen and oxygen atoms in total. The molecular formula is C50H32N2O2. The van der Waals surface area contributed by atoms with Gasteiger partial charge in [0.15, 0.2) is 5.58 Å². The lowest BCUT2D eigenvalue weighted by Crippen LogP contribution is -2.12. The molecule has 0 saturated carbocycles. The van der Waals surface area contributed by atoms with Crippen LogP contribution in [0.15, 0.2) is 199 Å². The lowest BCUT2D eigenvalue weighted by atomic mass is 9.93. The van der Waals surface area contributed by atoms with E-state index in [1.54, 1.807) is 0 Å². The Bertz CT molecular complexity index is 3040. The summed E-state index contributed by atoms with van der Waals surface area (Å²) >= 11 is 0. The third kappa shape index (κ3) is 4.78. The van der Waals surface area contributed by atoms with Crippen molar-refractivity contribution in [3.63, 3.8) is 0 Å². The quantitative estimate of drug-likeness (QED) is 0.173. The molecule has 0 aliphatic carbocycles. The highest BCUT2D eigenvalue weighted by Crippen LogP contribution is 2.52. The van der Waals surface area contributed by atoms with Gasteiger partial charge in [-0.05, 0) is 89.1 Å². The summed E-state index contributed by atoms with van der Waals surface area (Å²) in [6.07, 6.45) is 0. The summed E-state index contributed by atoms with van der Waals surface area (Å²) in [5.74, 6) is 1.65. The Labute approximate surface area is 312 Å². The van der Waals surface area contributed by atoms with Crippen LogP contribution in [0.3, 0.4) is 0 Å². The van der Waals surface area contributed by atoms with E-state index < -0.39 is 0 Å². The normalized spacial score (nSPS) is 11.9. The maximum absolute atomic E-state index is 6.88. The molecule has 0 fully saturated rings. The number of ether oxygens (including phenoxy) is 1. The molecule has 0 N–H and O–H groups in total. The summed E-state index contributed by atoms with van der Waals surface area (Å²) in [4.78, 5) is 4.61. The minimum Gasteiger partial charge on any atom is -0.456 e. The van der Waals surface area contributed by atoms with Crippen molar-refractivity contribution in [2.24, 2.45) is 0 Å². The van der Waals surface area contributed by atoms with Gasteiger partial charge in [0.1, 0.15) is 17.1 Å². The second-order valence-electron chi connectivity index (χ2n) is 13.7. The van der Waals surface area contributed by atoms with Crippen molar-refractivity contribution < 1.29 is 9.15 Å². The van der Waals surface area contributed by atoms with Crippen molar-refractivity contribution in [2.45, 2.75) is 0 Å². The van der Waals surface area contributed by atoms with Crippen molar-refractivity contribution >= 4 is 77.6 Å². The summed E-state index contributed by atoms with van der Waals surface area (Å²) < 4.78 is 13.4. The first kappa shape index (κ1) is 30.3. The third-order valence-electron chi connectivity index (χ3n) is 10.6. The van der Waals surface area contributed by atoms with E-state index in [1.807, 2.05) is 18.2 Å². The van der Waals surface area contributed by atoms with Crippen molar-refractivity contribution in [3.05, 3.63) is 194 Å². The van der Waals surface area contributed by atoms with E-state index in [0.717, 1.165) is 89.5 Å². The van der Waals surface area contributed by atoms with Crippen LogP contribution in [0.1, 0.15) is 0 Å². The monoisotopic (exact) mass is 692 g/mol. The molecule has 1 aliphatic heterocycles. The van der Waals surface area contributed by atoms with Crippen LogP contribution >= 0.6 is 0 Å². The van der Waals surface area contributed by atoms with Gasteiger partial charge in [0.25, 0.3) is 0 Å². The SMILES string of the molecule is c1ccc(N(c2ccc3ccccc3c2)c2ccc3c4c(cccc24)Oc2cc(N(c4ccccc4)c4cccc5c4oc4ccccc45)ccc2-3)cc1. The average molecular weight is 693 g/mol. The van der Waals surface area contributed by atoms with Crippen LogP contribution in [0.2, 0.25) is 0 Å². The molecule has 0 amide bonds. The highest BCUT2D eigenvalue weighted by atomic mass is 16.5. The van der Waals surface area contributed by atoms with Gasteiger partial charge in [-0.2, -0.15) is 0 Å². The molecule has 254 valence electrons.